The van der Waals surface area contributed by atoms with Crippen LogP contribution in [0.15, 0.2) is 17.1 Å². The van der Waals surface area contributed by atoms with E-state index in [2.05, 4.69) is 29.2 Å². The first kappa shape index (κ1) is 16.0. The predicted molar refractivity (Wildman–Crippen MR) is 90.2 cm³/mol. The van der Waals surface area contributed by atoms with Gasteiger partial charge in [-0.1, -0.05) is 19.9 Å². The average molecular weight is 319 g/mol. The molecule has 23 heavy (non-hydrogen) atoms. The van der Waals surface area contributed by atoms with Crippen LogP contribution in [0, 0.1) is 0 Å². The van der Waals surface area contributed by atoms with Crippen LogP contribution in [0.25, 0.3) is 0 Å². The third-order valence-corrected chi connectivity index (χ3v) is 4.65. The number of benzene rings is 1. The second-order valence-electron chi connectivity index (χ2n) is 5.89. The number of hydroxylamine groups is 1. The van der Waals surface area contributed by atoms with Gasteiger partial charge in [-0.05, 0) is 49.5 Å². The zero-order valence-corrected chi connectivity index (χ0v) is 13.8. The highest BCUT2D eigenvalue weighted by molar-refractivity contribution is 6.01. The predicted octanol–water partition coefficient (Wildman–Crippen LogP) is 1.78. The van der Waals surface area contributed by atoms with Gasteiger partial charge in [-0.15, -0.1) is 0 Å². The van der Waals surface area contributed by atoms with Gasteiger partial charge in [0.25, 0.3) is 0 Å². The Morgan fingerprint density at radius 2 is 2.00 bits per heavy atom. The minimum absolute atomic E-state index is 0.241. The zero-order valence-electron chi connectivity index (χ0n) is 13.8. The molecule has 3 N–H and O–H groups in total. The van der Waals surface area contributed by atoms with E-state index in [0.717, 1.165) is 54.7 Å². The number of aliphatic imine (C=N–C) groups is 1. The average Bonchev–Trinajstić information content (AvgIpc) is 3.03. The highest BCUT2D eigenvalue weighted by Gasteiger charge is 2.31. The van der Waals surface area contributed by atoms with Gasteiger partial charge in [-0.2, -0.15) is 10.2 Å². The number of hydrogen-bond donors (Lipinski definition) is 3. The van der Waals surface area contributed by atoms with E-state index < -0.39 is 0 Å². The Kier molecular flexibility index (Phi) is 4.70. The molecule has 3 rings (SSSR count). The third-order valence-electron chi connectivity index (χ3n) is 4.65. The maximum atomic E-state index is 10.4. The van der Waals surface area contributed by atoms with E-state index in [-0.39, 0.29) is 5.96 Å². The lowest BCUT2D eigenvalue weighted by atomic mass is 10.1. The topological polar surface area (TPSA) is 74.6 Å². The number of aryl methyl sites for hydroxylation is 1. The van der Waals surface area contributed by atoms with Crippen LogP contribution in [0.2, 0.25) is 0 Å². The summed E-state index contributed by atoms with van der Waals surface area (Å²) in [4.78, 5) is 6.64. The Balaban J connectivity index is 1.80. The number of nitrogens with zero attached hydrogens (tertiary/aromatic N) is 4. The molecule has 0 spiro atoms. The quantitative estimate of drug-likeness (QED) is 0.768. The van der Waals surface area contributed by atoms with E-state index >= 15 is 0 Å². The summed E-state index contributed by atoms with van der Waals surface area (Å²) in [6.45, 7) is 7.53. The van der Waals surface area contributed by atoms with Crippen LogP contribution in [0.4, 0.5) is 11.4 Å². The molecule has 1 aromatic rings. The molecule has 1 aromatic carbocycles. The van der Waals surface area contributed by atoms with Crippen LogP contribution >= 0.6 is 0 Å². The summed E-state index contributed by atoms with van der Waals surface area (Å²) < 4.78 is 0. The number of nitrogens with one attached hydrogen (secondary N) is 1. The van der Waals surface area contributed by atoms with Crippen molar-refractivity contribution in [1.29, 1.82) is 0 Å². The Morgan fingerprint density at radius 1 is 1.22 bits per heavy atom. The van der Waals surface area contributed by atoms with Crippen molar-refractivity contribution >= 4 is 17.3 Å². The Labute approximate surface area is 136 Å². The summed E-state index contributed by atoms with van der Waals surface area (Å²) in [7, 11) is 0. The highest BCUT2D eigenvalue weighted by Crippen LogP contribution is 2.39. The van der Waals surface area contributed by atoms with E-state index in [1.54, 1.807) is 0 Å². The first-order chi connectivity index (χ1) is 11.2. The van der Waals surface area contributed by atoms with Crippen LogP contribution in [-0.4, -0.2) is 47.5 Å². The van der Waals surface area contributed by atoms with Crippen LogP contribution in [-0.2, 0) is 12.8 Å². The van der Waals surface area contributed by atoms with Crippen LogP contribution in [0.3, 0.4) is 0 Å². The van der Waals surface area contributed by atoms with Crippen LogP contribution < -0.4 is 15.7 Å². The van der Waals surface area contributed by atoms with Gasteiger partial charge in [0.05, 0.1) is 6.54 Å². The Morgan fingerprint density at radius 3 is 2.74 bits per heavy atom. The van der Waals surface area contributed by atoms with Gasteiger partial charge in [0.15, 0.2) is 0 Å². The standard InChI is InChI=1S/C16H25N5O2/c1-3-19(4-2)11-10-17-16-18-21(23)15-13-7-5-6-12(13)8-9-14(15)20(16)22/h8-9,22-23H,3-7,10-11H2,1-2H3,(H,17,18). The van der Waals surface area contributed by atoms with Crippen LogP contribution in [0.1, 0.15) is 31.4 Å². The molecule has 0 radical (unpaired) electrons. The monoisotopic (exact) mass is 319 g/mol. The minimum Gasteiger partial charge on any atom is -0.302 e. The number of fused-ring (bicyclic) bond motifs is 3. The molecule has 0 bridgehead atoms. The Hall–Kier alpha value is -1.83. The number of rotatable bonds is 5. The van der Waals surface area contributed by atoms with E-state index in [4.69, 9.17) is 0 Å². The second-order valence-corrected chi connectivity index (χ2v) is 5.89. The molecule has 1 aliphatic heterocycles. The second kappa shape index (κ2) is 6.74. The number of guanidine groups is 1. The molecule has 0 aromatic heterocycles. The van der Waals surface area contributed by atoms with Crippen molar-refractivity contribution in [3.05, 3.63) is 23.3 Å². The number of likely N-dealkylation sites (N-methyl/N-ethyl adjacent to an activating group) is 1. The van der Waals surface area contributed by atoms with Gasteiger partial charge >= 0.3 is 0 Å². The molecule has 0 saturated heterocycles. The molecule has 0 fully saturated rings. The lowest BCUT2D eigenvalue weighted by molar-refractivity contribution is 0.215. The fourth-order valence-electron chi connectivity index (χ4n) is 3.29. The van der Waals surface area contributed by atoms with Crippen LogP contribution in [0.5, 0.6) is 0 Å². The molecule has 2 aliphatic rings. The number of hydrazine groups is 1. The molecule has 7 heteroatoms. The molecule has 126 valence electrons. The van der Waals surface area contributed by atoms with E-state index in [0.29, 0.717) is 17.9 Å². The summed E-state index contributed by atoms with van der Waals surface area (Å²) in [6.07, 6.45) is 3.02. The van der Waals surface area contributed by atoms with Crippen molar-refractivity contribution in [2.24, 2.45) is 4.99 Å². The van der Waals surface area contributed by atoms with Crippen molar-refractivity contribution < 1.29 is 10.4 Å². The lowest BCUT2D eigenvalue weighted by Crippen LogP contribution is -2.53. The van der Waals surface area contributed by atoms with E-state index in [9.17, 15) is 10.4 Å². The zero-order chi connectivity index (χ0) is 16.4. The normalized spacial score (nSPS) is 18.4. The highest BCUT2D eigenvalue weighted by atomic mass is 16.6. The molecule has 0 amide bonds. The summed E-state index contributed by atoms with van der Waals surface area (Å²) in [5.41, 5.74) is 6.28. The minimum atomic E-state index is 0.241. The largest absolute Gasteiger partial charge is 0.302 e. The molecule has 0 saturated carbocycles. The van der Waals surface area contributed by atoms with Gasteiger partial charge in [0, 0.05) is 6.54 Å². The summed E-state index contributed by atoms with van der Waals surface area (Å²) >= 11 is 0. The van der Waals surface area contributed by atoms with Crippen molar-refractivity contribution in [1.82, 2.24) is 10.3 Å². The Bertz CT molecular complexity index is 600. The molecule has 0 atom stereocenters. The van der Waals surface area contributed by atoms with Gasteiger partial charge < -0.3 is 4.90 Å². The number of hydrogen-bond acceptors (Lipinski definition) is 5. The molecule has 7 nitrogen and oxygen atoms in total. The van der Waals surface area contributed by atoms with Crippen molar-refractivity contribution in [3.8, 4) is 0 Å². The first-order valence-electron chi connectivity index (χ1n) is 8.31. The fourth-order valence-corrected chi connectivity index (χ4v) is 3.29. The van der Waals surface area contributed by atoms with Gasteiger partial charge in [-0.25, -0.2) is 10.4 Å². The van der Waals surface area contributed by atoms with Gasteiger partial charge in [-0.3, -0.25) is 10.4 Å². The van der Waals surface area contributed by atoms with Crippen molar-refractivity contribution in [2.75, 3.05) is 36.4 Å². The first-order valence-corrected chi connectivity index (χ1v) is 8.31. The third kappa shape index (κ3) is 2.99. The van der Waals surface area contributed by atoms with E-state index in [1.165, 1.54) is 5.56 Å². The van der Waals surface area contributed by atoms with Gasteiger partial charge in [0.2, 0.25) is 5.96 Å². The summed E-state index contributed by atoms with van der Waals surface area (Å²) in [5.74, 6) is 0.241. The smallest absolute Gasteiger partial charge is 0.244 e. The van der Waals surface area contributed by atoms with Gasteiger partial charge in [0.1, 0.15) is 11.4 Å². The van der Waals surface area contributed by atoms with Crippen molar-refractivity contribution in [3.63, 3.8) is 0 Å². The summed E-state index contributed by atoms with van der Waals surface area (Å²) in [5, 5.41) is 22.8. The molecular formula is C16H25N5O2. The number of anilines is 2. The van der Waals surface area contributed by atoms with Crippen molar-refractivity contribution in [2.45, 2.75) is 33.1 Å². The summed E-state index contributed by atoms with van der Waals surface area (Å²) in [6, 6.07) is 3.86. The van der Waals surface area contributed by atoms with E-state index in [1.807, 2.05) is 12.1 Å². The maximum Gasteiger partial charge on any atom is 0.244 e. The fraction of sp³-hybridized carbons (Fsp3) is 0.562. The molecule has 1 aliphatic carbocycles. The molecular weight excluding hydrogens is 294 g/mol. The molecule has 1 heterocycles. The lowest BCUT2D eigenvalue weighted by Gasteiger charge is -2.34. The SMILES string of the molecule is CCN(CC)CCN=C1NN(O)c2c(ccc3c2CCC3)N1O. The molecule has 0 unspecified atom stereocenters. The maximum absolute atomic E-state index is 10.4.